The second kappa shape index (κ2) is 8.21. The van der Waals surface area contributed by atoms with Gasteiger partial charge in [-0.3, -0.25) is 0 Å². The van der Waals surface area contributed by atoms with Crippen molar-refractivity contribution in [2.75, 3.05) is 0 Å². The van der Waals surface area contributed by atoms with E-state index < -0.39 is 11.7 Å². The van der Waals surface area contributed by atoms with Crippen molar-refractivity contribution in [3.05, 3.63) is 70.3 Å². The first-order valence-corrected chi connectivity index (χ1v) is 12.1. The number of carbonyl (C=O) groups excluding carboxylic acids is 1. The smallest absolute Gasteiger partial charge is 0.416 e. The van der Waals surface area contributed by atoms with E-state index in [0.29, 0.717) is 42.0 Å². The number of ether oxygens (including phenoxy) is 1. The van der Waals surface area contributed by atoms with E-state index in [1.54, 1.807) is 13.1 Å². The number of hydrogen-bond acceptors (Lipinski definition) is 5. The lowest BCUT2D eigenvalue weighted by Crippen LogP contribution is -2.26. The van der Waals surface area contributed by atoms with E-state index >= 15 is 0 Å². The minimum atomic E-state index is -4.39. The van der Waals surface area contributed by atoms with Crippen molar-refractivity contribution in [3.8, 4) is 5.75 Å². The highest BCUT2D eigenvalue weighted by molar-refractivity contribution is 5.77. The van der Waals surface area contributed by atoms with E-state index in [1.165, 1.54) is 17.2 Å². The Balaban J connectivity index is 1.22. The molecule has 2 aromatic carbocycles. The normalized spacial score (nSPS) is 24.7. The monoisotopic (exact) mass is 494 g/mol. The molecule has 0 radical (unpaired) electrons. The van der Waals surface area contributed by atoms with Crippen LogP contribution in [-0.4, -0.2) is 28.1 Å². The van der Waals surface area contributed by atoms with E-state index in [1.807, 2.05) is 6.07 Å². The number of Topliss-reactive ketones (excluding diaryl/α,β-unsaturated/α-hetero) is 1. The Labute approximate surface area is 205 Å². The summed E-state index contributed by atoms with van der Waals surface area (Å²) in [5.41, 5.74) is 9.67. The van der Waals surface area contributed by atoms with Gasteiger partial charge in [0.15, 0.2) is 0 Å². The van der Waals surface area contributed by atoms with E-state index in [4.69, 9.17) is 10.5 Å². The van der Waals surface area contributed by atoms with Crippen LogP contribution in [0.3, 0.4) is 0 Å². The molecule has 0 spiro atoms. The number of ketones is 1. The quantitative estimate of drug-likeness (QED) is 0.480. The fourth-order valence-electron chi connectivity index (χ4n) is 5.70. The minimum absolute atomic E-state index is 0.0900. The molecule has 2 aliphatic carbocycles. The van der Waals surface area contributed by atoms with Gasteiger partial charge < -0.3 is 20.2 Å². The number of alkyl halides is 3. The van der Waals surface area contributed by atoms with Crippen molar-refractivity contribution in [1.82, 2.24) is 9.97 Å². The van der Waals surface area contributed by atoms with Crippen LogP contribution in [-0.2, 0) is 17.4 Å². The third-order valence-corrected chi connectivity index (χ3v) is 7.54. The third kappa shape index (κ3) is 3.96. The molecule has 0 amide bonds. The average Bonchev–Trinajstić information content (AvgIpc) is 3.17. The summed E-state index contributed by atoms with van der Waals surface area (Å²) in [5, 5.41) is 0. The lowest BCUT2D eigenvalue weighted by atomic mass is 9.98. The highest BCUT2D eigenvalue weighted by Gasteiger charge is 2.57. The number of aliphatic imine (C=N–C) groups is 1. The molecule has 36 heavy (non-hydrogen) atoms. The Morgan fingerprint density at radius 1 is 1.19 bits per heavy atom. The highest BCUT2D eigenvalue weighted by atomic mass is 19.4. The number of hydrogen-bond donors (Lipinski definition) is 2. The molecule has 9 heteroatoms. The number of halogens is 3. The number of aromatic nitrogens is 2. The second-order valence-corrected chi connectivity index (χ2v) is 9.90. The van der Waals surface area contributed by atoms with Gasteiger partial charge in [0.1, 0.15) is 29.3 Å². The number of nitrogens with two attached hydrogens (primary N) is 1. The van der Waals surface area contributed by atoms with Crippen molar-refractivity contribution in [3.63, 3.8) is 0 Å². The largest absolute Gasteiger partial charge is 0.486 e. The molecule has 3 N–H and O–H groups in total. The second-order valence-electron chi connectivity index (χ2n) is 9.90. The molecule has 1 aliphatic heterocycles. The first-order chi connectivity index (χ1) is 17.2. The fraction of sp³-hybridized carbons (Fsp3) is 0.370. The Bertz CT molecular complexity index is 1440. The van der Waals surface area contributed by atoms with Gasteiger partial charge in [-0.05, 0) is 73.1 Å². The maximum Gasteiger partial charge on any atom is 0.416 e. The molecule has 3 aromatic rings. The Morgan fingerprint density at radius 3 is 2.81 bits per heavy atom. The number of aromatic amines is 1. The molecular weight excluding hydrogens is 469 g/mol. The van der Waals surface area contributed by atoms with Gasteiger partial charge in [0, 0.05) is 30.5 Å². The topological polar surface area (TPSA) is 93.4 Å². The summed E-state index contributed by atoms with van der Waals surface area (Å²) in [4.78, 5) is 23.4. The van der Waals surface area contributed by atoms with Crippen molar-refractivity contribution in [2.45, 2.75) is 56.7 Å². The molecule has 6 nitrogen and oxygen atoms in total. The fourth-order valence-corrected chi connectivity index (χ4v) is 5.70. The predicted molar refractivity (Wildman–Crippen MR) is 129 cm³/mol. The number of rotatable bonds is 6. The molecule has 186 valence electrons. The molecule has 4 atom stereocenters. The molecule has 1 saturated carbocycles. The van der Waals surface area contributed by atoms with Crippen LogP contribution < -0.4 is 10.5 Å². The van der Waals surface area contributed by atoms with Crippen LogP contribution in [0.25, 0.3) is 11.0 Å². The van der Waals surface area contributed by atoms with Crippen LogP contribution in [0, 0.1) is 5.92 Å². The van der Waals surface area contributed by atoms with Crippen molar-refractivity contribution in [1.29, 1.82) is 0 Å². The summed E-state index contributed by atoms with van der Waals surface area (Å²) in [6.45, 7) is 1.55. The van der Waals surface area contributed by atoms with Gasteiger partial charge in [-0.1, -0.05) is 6.07 Å². The Morgan fingerprint density at radius 2 is 2.03 bits per heavy atom. The molecule has 1 fully saturated rings. The summed E-state index contributed by atoms with van der Waals surface area (Å²) in [7, 11) is 0. The molecular formula is C27H25F3N4O2. The molecule has 6 rings (SSSR count). The van der Waals surface area contributed by atoms with Gasteiger partial charge in [0.05, 0.1) is 16.6 Å². The van der Waals surface area contributed by atoms with E-state index in [-0.39, 0.29) is 23.7 Å². The van der Waals surface area contributed by atoms with Gasteiger partial charge in [-0.25, -0.2) is 9.98 Å². The van der Waals surface area contributed by atoms with Gasteiger partial charge in [-0.15, -0.1) is 0 Å². The van der Waals surface area contributed by atoms with E-state index in [9.17, 15) is 18.0 Å². The first-order valence-electron chi connectivity index (χ1n) is 12.1. The van der Waals surface area contributed by atoms with Crippen molar-refractivity contribution < 1.29 is 22.7 Å². The van der Waals surface area contributed by atoms with Gasteiger partial charge in [0.2, 0.25) is 0 Å². The first kappa shape index (κ1) is 22.8. The summed E-state index contributed by atoms with van der Waals surface area (Å²) >= 11 is 0. The van der Waals surface area contributed by atoms with Gasteiger partial charge >= 0.3 is 6.18 Å². The maximum atomic E-state index is 13.1. The summed E-state index contributed by atoms with van der Waals surface area (Å²) in [5.74, 6) is 2.76. The predicted octanol–water partition coefficient (Wildman–Crippen LogP) is 5.40. The summed E-state index contributed by atoms with van der Waals surface area (Å²) in [6, 6.07) is 9.73. The number of nitrogens with zero attached hydrogens (tertiary/aromatic N) is 2. The minimum Gasteiger partial charge on any atom is -0.486 e. The molecule has 4 unspecified atom stereocenters. The van der Waals surface area contributed by atoms with Crippen LogP contribution >= 0.6 is 0 Å². The lowest BCUT2D eigenvalue weighted by molar-refractivity contribution is -0.137. The Hall–Kier alpha value is -3.62. The summed E-state index contributed by atoms with van der Waals surface area (Å²) in [6.07, 6.45) is -0.525. The van der Waals surface area contributed by atoms with Gasteiger partial charge in [0.25, 0.3) is 0 Å². The lowest BCUT2D eigenvalue weighted by Gasteiger charge is -2.24. The number of benzene rings is 2. The maximum absolute atomic E-state index is 13.1. The Kier molecular flexibility index (Phi) is 5.21. The zero-order chi connectivity index (χ0) is 25.2. The number of imidazole rings is 1. The van der Waals surface area contributed by atoms with Crippen LogP contribution in [0.1, 0.15) is 60.5 Å². The van der Waals surface area contributed by atoms with Gasteiger partial charge in [-0.2, -0.15) is 13.2 Å². The van der Waals surface area contributed by atoms with Crippen LogP contribution in [0.2, 0.25) is 0 Å². The molecule has 3 aliphatic rings. The molecule has 0 bridgehead atoms. The average molecular weight is 495 g/mol. The molecule has 1 aromatic heterocycles. The standard InChI is InChI=1S/C27H25F3N4O2/c1-13(35)2-6-17-22(8-9-32-25(17)31)36-16-5-3-14-10-19-23(18(14)12-16)24(19)26-33-20-7-4-15(27(28,29)30)11-21(20)34-26/h3-5,7,9,11-12,19,22-24H,2,6,8,10,31H2,1H3,(H,33,34). The molecule has 0 saturated heterocycles. The van der Waals surface area contributed by atoms with Crippen molar-refractivity contribution >= 4 is 23.0 Å². The van der Waals surface area contributed by atoms with Crippen molar-refractivity contribution in [2.24, 2.45) is 16.6 Å². The highest BCUT2D eigenvalue weighted by Crippen LogP contribution is 2.66. The van der Waals surface area contributed by atoms with Crippen LogP contribution in [0.5, 0.6) is 5.75 Å². The SMILES string of the molecule is CC(=O)CCC1=C(N)N=CCC1Oc1ccc2c(c1)C1C(C2)C1c1nc2ccc(C(F)(F)F)cc2[nH]1. The number of nitrogens with one attached hydrogen (secondary N) is 1. The number of H-pyrrole nitrogens is 1. The third-order valence-electron chi connectivity index (χ3n) is 7.54. The van der Waals surface area contributed by atoms with E-state index in [0.717, 1.165) is 35.7 Å². The summed E-state index contributed by atoms with van der Waals surface area (Å²) < 4.78 is 45.6. The van der Waals surface area contributed by atoms with Crippen LogP contribution in [0.4, 0.5) is 13.2 Å². The molecule has 2 heterocycles. The number of fused-ring (bicyclic) bond motifs is 4. The van der Waals surface area contributed by atoms with E-state index in [2.05, 4.69) is 27.1 Å². The number of carbonyl (C=O) groups is 1. The van der Waals surface area contributed by atoms with Crippen LogP contribution in [0.15, 0.2) is 52.8 Å². The zero-order valence-electron chi connectivity index (χ0n) is 19.6. The zero-order valence-corrected chi connectivity index (χ0v) is 19.6.